The third-order valence-electron chi connectivity index (χ3n) is 2.68. The molecule has 0 unspecified atom stereocenters. The van der Waals surface area contributed by atoms with Crippen LogP contribution in [0.2, 0.25) is 0 Å². The lowest BCUT2D eigenvalue weighted by molar-refractivity contribution is 0.426. The Balaban J connectivity index is 1.89. The molecule has 4 rings (SSSR count). The molecule has 0 radical (unpaired) electrons. The van der Waals surface area contributed by atoms with Crippen LogP contribution in [0.4, 0.5) is 0 Å². The number of rotatable bonds is 2. The minimum atomic E-state index is 0.628. The van der Waals surface area contributed by atoms with Gasteiger partial charge >= 0.3 is 0 Å². The number of hydrogen-bond donors (Lipinski definition) is 0. The molecule has 0 saturated heterocycles. The fourth-order valence-electron chi connectivity index (χ4n) is 1.76. The van der Waals surface area contributed by atoms with Gasteiger partial charge in [0.1, 0.15) is 4.88 Å². The zero-order valence-corrected chi connectivity index (χ0v) is 12.1. The van der Waals surface area contributed by atoms with Crippen molar-refractivity contribution >= 4 is 27.8 Å². The second kappa shape index (κ2) is 4.15. The molecular formula is C10H7N7OS2. The first-order valence-corrected chi connectivity index (χ1v) is 7.26. The van der Waals surface area contributed by atoms with E-state index in [1.54, 1.807) is 4.52 Å². The van der Waals surface area contributed by atoms with Crippen molar-refractivity contribution in [3.05, 3.63) is 17.5 Å². The third-order valence-corrected chi connectivity index (χ3v) is 4.42. The summed E-state index contributed by atoms with van der Waals surface area (Å²) in [5, 5.41) is 21.3. The number of aryl methyl sites for hydroxylation is 2. The summed E-state index contributed by atoms with van der Waals surface area (Å²) in [6, 6.07) is 1.84. The molecule has 0 saturated carbocycles. The molecule has 0 aromatic carbocycles. The highest BCUT2D eigenvalue weighted by Gasteiger charge is 2.19. The first-order chi connectivity index (χ1) is 9.72. The zero-order chi connectivity index (χ0) is 13.7. The summed E-state index contributed by atoms with van der Waals surface area (Å²) in [5.41, 5.74) is 1.63. The molecule has 0 aliphatic rings. The van der Waals surface area contributed by atoms with E-state index < -0.39 is 0 Å². The van der Waals surface area contributed by atoms with E-state index in [2.05, 4.69) is 30.0 Å². The minimum Gasteiger partial charge on any atom is -0.353 e. The number of hydrogen-bond acceptors (Lipinski definition) is 9. The Morgan fingerprint density at radius 2 is 2.10 bits per heavy atom. The fraction of sp³-hybridized carbons (Fsp3) is 0.200. The first kappa shape index (κ1) is 11.6. The van der Waals surface area contributed by atoms with Gasteiger partial charge in [0.25, 0.3) is 0 Å². The van der Waals surface area contributed by atoms with E-state index in [9.17, 15) is 0 Å². The smallest absolute Gasteiger partial charge is 0.235 e. The molecule has 20 heavy (non-hydrogen) atoms. The van der Waals surface area contributed by atoms with Gasteiger partial charge in [0.2, 0.25) is 4.96 Å². The van der Waals surface area contributed by atoms with Crippen LogP contribution >= 0.6 is 22.9 Å². The van der Waals surface area contributed by atoms with Crippen LogP contribution in [0.5, 0.6) is 0 Å². The van der Waals surface area contributed by atoms with Crippen LogP contribution in [0.25, 0.3) is 26.4 Å². The molecule has 10 heteroatoms. The van der Waals surface area contributed by atoms with Crippen molar-refractivity contribution in [2.45, 2.75) is 13.8 Å². The van der Waals surface area contributed by atoms with Crippen LogP contribution < -0.4 is 0 Å². The van der Waals surface area contributed by atoms with Gasteiger partial charge in [0.15, 0.2) is 16.6 Å². The van der Waals surface area contributed by atoms with Gasteiger partial charge in [-0.3, -0.25) is 0 Å². The van der Waals surface area contributed by atoms with Crippen molar-refractivity contribution in [2.24, 2.45) is 0 Å². The van der Waals surface area contributed by atoms with Crippen molar-refractivity contribution in [3.63, 3.8) is 0 Å². The minimum absolute atomic E-state index is 0.628. The van der Waals surface area contributed by atoms with Crippen molar-refractivity contribution in [3.8, 4) is 21.5 Å². The summed E-state index contributed by atoms with van der Waals surface area (Å²) in [6.45, 7) is 3.75. The average molecular weight is 305 g/mol. The van der Waals surface area contributed by atoms with Gasteiger partial charge in [-0.2, -0.15) is 4.52 Å². The molecule has 0 amide bonds. The Bertz CT molecular complexity index is 902. The summed E-state index contributed by atoms with van der Waals surface area (Å²) < 4.78 is 10.8. The molecule has 0 bridgehead atoms. The molecule has 4 aromatic rings. The molecule has 0 atom stereocenters. The second-order valence-electron chi connectivity index (χ2n) is 4.15. The Kier molecular flexibility index (Phi) is 2.41. The highest BCUT2D eigenvalue weighted by Crippen LogP contribution is 2.30. The van der Waals surface area contributed by atoms with E-state index in [4.69, 9.17) is 4.52 Å². The lowest BCUT2D eigenvalue weighted by Gasteiger charge is -1.91. The van der Waals surface area contributed by atoms with Crippen molar-refractivity contribution in [1.82, 2.24) is 34.6 Å². The molecule has 100 valence electrons. The Hall–Kier alpha value is -2.20. The van der Waals surface area contributed by atoms with E-state index in [0.29, 0.717) is 21.6 Å². The van der Waals surface area contributed by atoms with Gasteiger partial charge in [-0.1, -0.05) is 21.0 Å². The summed E-state index contributed by atoms with van der Waals surface area (Å²) in [6.07, 6.45) is 0. The van der Waals surface area contributed by atoms with Crippen molar-refractivity contribution in [1.29, 1.82) is 0 Å². The lowest BCUT2D eigenvalue weighted by Crippen LogP contribution is -1.90. The predicted molar refractivity (Wildman–Crippen MR) is 72.5 cm³/mol. The van der Waals surface area contributed by atoms with E-state index >= 15 is 0 Å². The van der Waals surface area contributed by atoms with E-state index in [1.807, 2.05) is 19.9 Å². The topological polar surface area (TPSA) is 94.9 Å². The van der Waals surface area contributed by atoms with Gasteiger partial charge in [-0.05, 0) is 25.4 Å². The van der Waals surface area contributed by atoms with Crippen LogP contribution in [-0.2, 0) is 0 Å². The Morgan fingerprint density at radius 1 is 1.20 bits per heavy atom. The normalized spacial score (nSPS) is 11.5. The Labute approximate surface area is 120 Å². The Morgan fingerprint density at radius 3 is 2.80 bits per heavy atom. The lowest BCUT2D eigenvalue weighted by atomic mass is 10.4. The largest absolute Gasteiger partial charge is 0.353 e. The standard InChI is InChI=1S/C10H7N7OS2/c1-4-3-6(18-15-4)9-14-17-8(12-13-10(17)19-9)7-5(2)11-16-20-7/h3H,1-2H3. The molecule has 0 N–H and O–H groups in total. The maximum absolute atomic E-state index is 5.22. The highest BCUT2D eigenvalue weighted by atomic mass is 32.1. The maximum atomic E-state index is 5.22. The molecular weight excluding hydrogens is 298 g/mol. The SMILES string of the molecule is Cc1cc(-c2nn3c(-c4snnc4C)nnc3s2)on1. The summed E-state index contributed by atoms with van der Waals surface area (Å²) in [7, 11) is 0. The quantitative estimate of drug-likeness (QED) is 0.558. The average Bonchev–Trinajstić information content (AvgIpc) is 3.12. The maximum Gasteiger partial charge on any atom is 0.235 e. The summed E-state index contributed by atoms with van der Waals surface area (Å²) >= 11 is 2.67. The van der Waals surface area contributed by atoms with Crippen LogP contribution in [-0.4, -0.2) is 34.6 Å². The van der Waals surface area contributed by atoms with Crippen molar-refractivity contribution < 1.29 is 4.52 Å². The second-order valence-corrected chi connectivity index (χ2v) is 5.86. The number of aromatic nitrogens is 7. The fourth-order valence-corrected chi connectivity index (χ4v) is 3.17. The molecule has 4 aromatic heterocycles. The first-order valence-electron chi connectivity index (χ1n) is 5.67. The van der Waals surface area contributed by atoms with Gasteiger partial charge < -0.3 is 4.52 Å². The van der Waals surface area contributed by atoms with Crippen LogP contribution in [0, 0.1) is 13.8 Å². The van der Waals surface area contributed by atoms with Gasteiger partial charge in [-0.25, -0.2) is 0 Å². The van der Waals surface area contributed by atoms with E-state index in [0.717, 1.165) is 16.3 Å². The number of fused-ring (bicyclic) bond motifs is 1. The van der Waals surface area contributed by atoms with Gasteiger partial charge in [0.05, 0.1) is 11.4 Å². The molecule has 0 spiro atoms. The molecule has 0 aliphatic heterocycles. The van der Waals surface area contributed by atoms with Crippen LogP contribution in [0.15, 0.2) is 10.6 Å². The summed E-state index contributed by atoms with van der Waals surface area (Å²) in [5.74, 6) is 1.27. The van der Waals surface area contributed by atoms with Gasteiger partial charge in [0, 0.05) is 6.07 Å². The van der Waals surface area contributed by atoms with Gasteiger partial charge in [-0.15, -0.1) is 20.4 Å². The van der Waals surface area contributed by atoms with Crippen LogP contribution in [0.3, 0.4) is 0 Å². The monoisotopic (exact) mass is 305 g/mol. The highest BCUT2D eigenvalue weighted by molar-refractivity contribution is 7.19. The molecule has 8 nitrogen and oxygen atoms in total. The van der Waals surface area contributed by atoms with E-state index in [-0.39, 0.29) is 0 Å². The zero-order valence-electron chi connectivity index (χ0n) is 10.4. The molecule has 0 aliphatic carbocycles. The predicted octanol–water partition coefficient (Wildman–Crippen LogP) is 1.98. The molecule has 0 fully saturated rings. The summed E-state index contributed by atoms with van der Waals surface area (Å²) in [4.78, 5) is 1.56. The van der Waals surface area contributed by atoms with E-state index in [1.165, 1.54) is 22.9 Å². The van der Waals surface area contributed by atoms with Crippen molar-refractivity contribution in [2.75, 3.05) is 0 Å². The molecule has 4 heterocycles. The number of nitrogens with zero attached hydrogens (tertiary/aromatic N) is 7. The van der Waals surface area contributed by atoms with Crippen LogP contribution in [0.1, 0.15) is 11.4 Å². The third kappa shape index (κ3) is 1.65.